The Morgan fingerprint density at radius 1 is 1.29 bits per heavy atom. The Balaban J connectivity index is 0.00000512. The number of benzene rings is 1. The summed E-state index contributed by atoms with van der Waals surface area (Å²) in [6.45, 7) is 13.8. The van der Waals surface area contributed by atoms with Gasteiger partial charge in [-0.25, -0.2) is 9.38 Å². The van der Waals surface area contributed by atoms with Crippen molar-refractivity contribution in [3.05, 3.63) is 54.4 Å². The molecule has 1 aliphatic heterocycles. The van der Waals surface area contributed by atoms with Gasteiger partial charge in [0.1, 0.15) is 5.67 Å². The van der Waals surface area contributed by atoms with Gasteiger partial charge in [-0.05, 0) is 50.8 Å². The maximum Gasteiger partial charge on any atom is 0.298 e. The van der Waals surface area contributed by atoms with Crippen molar-refractivity contribution in [3.8, 4) is 11.8 Å². The molecule has 0 aromatic heterocycles. The van der Waals surface area contributed by atoms with E-state index in [4.69, 9.17) is 0 Å². The van der Waals surface area contributed by atoms with Crippen LogP contribution >= 0.6 is 0 Å². The molecule has 1 heterocycles. The van der Waals surface area contributed by atoms with Gasteiger partial charge in [-0.15, -0.1) is 0 Å². The topological polar surface area (TPSA) is 47.9 Å². The highest BCUT2D eigenvalue weighted by Gasteiger charge is 2.25. The lowest BCUT2D eigenvalue weighted by molar-refractivity contribution is -0.126. The fraction of sp³-hybridized carbons (Fsp3) is 0.440. The van der Waals surface area contributed by atoms with Crippen molar-refractivity contribution in [1.29, 1.82) is 0 Å². The van der Waals surface area contributed by atoms with Gasteiger partial charge < -0.3 is 15.1 Å². The van der Waals surface area contributed by atoms with Crippen LogP contribution in [-0.2, 0) is 10.5 Å². The van der Waals surface area contributed by atoms with E-state index in [0.29, 0.717) is 43.9 Å². The Bertz CT molecular complexity index is 889. The molecule has 0 saturated carbocycles. The average molecular weight is 427 g/mol. The number of piperazine rings is 1. The number of nitrogens with zero attached hydrogens (tertiary/aromatic N) is 3. The molecule has 1 aromatic rings. The van der Waals surface area contributed by atoms with Crippen molar-refractivity contribution < 1.29 is 10.6 Å². The van der Waals surface area contributed by atoms with Crippen molar-refractivity contribution in [3.63, 3.8) is 0 Å². The number of hydrogen-bond acceptors (Lipinski definition) is 3. The summed E-state index contributed by atoms with van der Waals surface area (Å²) in [5.74, 6) is 5.82. The zero-order chi connectivity index (χ0) is 22.9. The van der Waals surface area contributed by atoms with Crippen molar-refractivity contribution in [1.82, 2.24) is 9.80 Å². The van der Waals surface area contributed by atoms with Gasteiger partial charge in [0, 0.05) is 39.5 Å². The first kappa shape index (κ1) is 24.2. The Morgan fingerprint density at radius 3 is 2.45 bits per heavy atom. The predicted octanol–water partition coefficient (Wildman–Crippen LogP) is 4.94. The number of amidine groups is 1. The number of hydrogen-bond donors (Lipinski definition) is 1. The normalized spacial score (nSPS) is 16.5. The predicted molar refractivity (Wildman–Crippen MR) is 129 cm³/mol. The summed E-state index contributed by atoms with van der Waals surface area (Å²) in [5.41, 5.74) is 0.809. The molecule has 1 saturated heterocycles. The first-order valence-electron chi connectivity index (χ1n) is 10.7. The van der Waals surface area contributed by atoms with E-state index < -0.39 is 5.67 Å². The highest BCUT2D eigenvalue weighted by molar-refractivity contribution is 6.01. The van der Waals surface area contributed by atoms with Crippen molar-refractivity contribution in [2.24, 2.45) is 4.99 Å². The maximum atomic E-state index is 14.8. The van der Waals surface area contributed by atoms with Crippen LogP contribution in [0.15, 0.2) is 53.8 Å². The number of alkyl halides is 1. The fourth-order valence-electron chi connectivity index (χ4n) is 3.55. The Morgan fingerprint density at radius 2 is 1.90 bits per heavy atom. The minimum Gasteiger partial charge on any atom is -0.353 e. The van der Waals surface area contributed by atoms with Crippen LogP contribution in [0.1, 0.15) is 47.5 Å². The van der Waals surface area contributed by atoms with E-state index >= 15 is 0 Å². The summed E-state index contributed by atoms with van der Waals surface area (Å²) in [7, 11) is 0. The van der Waals surface area contributed by atoms with Gasteiger partial charge >= 0.3 is 0 Å². The third-order valence-corrected chi connectivity index (χ3v) is 5.22. The second-order valence-electron chi connectivity index (χ2n) is 7.72. The molecule has 0 spiro atoms. The summed E-state index contributed by atoms with van der Waals surface area (Å²) in [6, 6.07) is 7.35. The molecule has 1 fully saturated rings. The third kappa shape index (κ3) is 6.71. The van der Waals surface area contributed by atoms with Gasteiger partial charge in [-0.1, -0.05) is 44.1 Å². The SMILES string of the molecule is C=C(Nc1ccc(C(C)(F)CCC)cc1)C(=N/C=C\C)N1CCN(C(=O)C#CC)CC1.[HH]. The third-order valence-electron chi connectivity index (χ3n) is 5.22. The van der Waals surface area contributed by atoms with Gasteiger partial charge in [-0.3, -0.25) is 4.79 Å². The molecule has 1 unspecified atom stereocenters. The molecule has 6 heteroatoms. The number of amides is 1. The summed E-state index contributed by atoms with van der Waals surface area (Å²) in [4.78, 5) is 20.4. The lowest BCUT2D eigenvalue weighted by Gasteiger charge is -2.36. The minimum atomic E-state index is -1.33. The van der Waals surface area contributed by atoms with Crippen LogP contribution in [0.4, 0.5) is 10.1 Å². The second-order valence-corrected chi connectivity index (χ2v) is 7.72. The standard InChI is InChI=1S/C25H33FN4O.H2/c1-6-9-23(31)29-16-18-30(19-17-29)24(27-15-8-3)20(4)28-22-12-10-21(11-13-22)25(5,26)14-7-2;/h8,10-13,15,28H,4,7,14,16-19H2,1-3,5H3;1H/b15-8-,27-24?;. The smallest absolute Gasteiger partial charge is 0.298 e. The first-order chi connectivity index (χ1) is 14.8. The molecule has 5 nitrogen and oxygen atoms in total. The highest BCUT2D eigenvalue weighted by Crippen LogP contribution is 2.31. The molecule has 31 heavy (non-hydrogen) atoms. The van der Waals surface area contributed by atoms with E-state index in [9.17, 15) is 9.18 Å². The maximum absolute atomic E-state index is 14.8. The molecule has 0 bridgehead atoms. The molecule has 1 aliphatic rings. The second kappa shape index (κ2) is 11.4. The van der Waals surface area contributed by atoms with Crippen LogP contribution < -0.4 is 5.32 Å². The van der Waals surface area contributed by atoms with Crippen LogP contribution in [0.2, 0.25) is 0 Å². The fourth-order valence-corrected chi connectivity index (χ4v) is 3.55. The molecule has 1 N–H and O–H groups in total. The molecule has 2 rings (SSSR count). The quantitative estimate of drug-likeness (QED) is 0.382. The van der Waals surface area contributed by atoms with E-state index in [1.54, 1.807) is 24.9 Å². The lowest BCUT2D eigenvalue weighted by Crippen LogP contribution is -2.51. The van der Waals surface area contributed by atoms with Crippen LogP contribution in [-0.4, -0.2) is 47.7 Å². The van der Waals surface area contributed by atoms with Gasteiger partial charge in [0.25, 0.3) is 5.91 Å². The number of carbonyl (C=O) groups excluding carboxylic acids is 1. The molecule has 1 amide bonds. The molecular formula is C25H35FN4O. The van der Waals surface area contributed by atoms with E-state index in [2.05, 4.69) is 33.6 Å². The molecular weight excluding hydrogens is 391 g/mol. The largest absolute Gasteiger partial charge is 0.353 e. The van der Waals surface area contributed by atoms with Gasteiger partial charge in [0.05, 0.1) is 5.70 Å². The number of carbonyl (C=O) groups is 1. The number of nitrogens with one attached hydrogen (secondary N) is 1. The number of aliphatic imine (C=N–C) groups is 1. The van der Waals surface area contributed by atoms with E-state index in [1.807, 2.05) is 44.2 Å². The number of halogens is 1. The average Bonchev–Trinajstić information content (AvgIpc) is 2.75. The Kier molecular flexibility index (Phi) is 8.87. The molecule has 0 aliphatic carbocycles. The molecule has 1 aromatic carbocycles. The minimum absolute atomic E-state index is 0. The van der Waals surface area contributed by atoms with Gasteiger partial charge in [-0.2, -0.15) is 0 Å². The molecule has 168 valence electrons. The molecule has 0 radical (unpaired) electrons. The first-order valence-corrected chi connectivity index (χ1v) is 10.7. The van der Waals surface area contributed by atoms with Crippen LogP contribution in [0.25, 0.3) is 0 Å². The van der Waals surface area contributed by atoms with E-state index in [1.165, 1.54) is 0 Å². The van der Waals surface area contributed by atoms with Crippen LogP contribution in [0, 0.1) is 11.8 Å². The summed E-state index contributed by atoms with van der Waals surface area (Å²) in [6.07, 6.45) is 4.86. The number of anilines is 1. The van der Waals surface area contributed by atoms with Crippen LogP contribution in [0.3, 0.4) is 0 Å². The Labute approximate surface area is 187 Å². The zero-order valence-corrected chi connectivity index (χ0v) is 19.0. The molecule has 1 atom stereocenters. The lowest BCUT2D eigenvalue weighted by atomic mass is 9.93. The number of rotatable bonds is 7. The van der Waals surface area contributed by atoms with E-state index in [-0.39, 0.29) is 7.33 Å². The Hall–Kier alpha value is -3.07. The summed E-state index contributed by atoms with van der Waals surface area (Å²) < 4.78 is 14.8. The summed E-state index contributed by atoms with van der Waals surface area (Å²) >= 11 is 0. The highest BCUT2D eigenvalue weighted by atomic mass is 19.1. The zero-order valence-electron chi connectivity index (χ0n) is 19.0. The van der Waals surface area contributed by atoms with Crippen molar-refractivity contribution in [2.75, 3.05) is 31.5 Å². The van der Waals surface area contributed by atoms with E-state index in [0.717, 1.165) is 17.9 Å². The van der Waals surface area contributed by atoms with Crippen LogP contribution in [0.5, 0.6) is 0 Å². The monoisotopic (exact) mass is 426 g/mol. The number of allylic oxidation sites excluding steroid dienone is 1. The van der Waals surface area contributed by atoms with Gasteiger partial charge in [0.2, 0.25) is 0 Å². The summed E-state index contributed by atoms with van der Waals surface area (Å²) in [5, 5.41) is 3.29. The van der Waals surface area contributed by atoms with Crippen molar-refractivity contribution in [2.45, 2.75) is 46.2 Å². The van der Waals surface area contributed by atoms with Gasteiger partial charge in [0.15, 0.2) is 5.84 Å². The van der Waals surface area contributed by atoms with Crippen molar-refractivity contribution >= 4 is 17.4 Å².